The van der Waals surface area contributed by atoms with Gasteiger partial charge in [0.25, 0.3) is 5.91 Å². The van der Waals surface area contributed by atoms with Crippen LogP contribution in [0.4, 0.5) is 0 Å². The summed E-state index contributed by atoms with van der Waals surface area (Å²) < 4.78 is 22.1. The van der Waals surface area contributed by atoms with Crippen LogP contribution < -0.4 is 14.2 Å². The van der Waals surface area contributed by atoms with E-state index >= 15 is 0 Å². The summed E-state index contributed by atoms with van der Waals surface area (Å²) >= 11 is 13.4. The molecule has 0 spiro atoms. The second kappa shape index (κ2) is 13.7. The maximum atomic E-state index is 13.4. The third-order valence-electron chi connectivity index (χ3n) is 6.22. The molecule has 0 bridgehead atoms. The number of hydrogen-bond acceptors (Lipinski definition) is 9. The van der Waals surface area contributed by atoms with Gasteiger partial charge in [-0.05, 0) is 83.6 Å². The Bertz CT molecular complexity index is 1720. The number of benzene rings is 3. The average molecular weight is 639 g/mol. The number of ether oxygens (including phenoxy) is 3. The highest BCUT2D eigenvalue weighted by Gasteiger charge is 2.34. The number of phenols is 1. The van der Waals surface area contributed by atoms with E-state index in [0.29, 0.717) is 54.3 Å². The van der Waals surface area contributed by atoms with Crippen molar-refractivity contribution in [1.29, 1.82) is 0 Å². The van der Waals surface area contributed by atoms with E-state index < -0.39 is 0 Å². The van der Waals surface area contributed by atoms with Crippen LogP contribution in [0.25, 0.3) is 6.08 Å². The standard InChI is InChI=1S/C31H25Cl2N3O6S/c1-39-27-12-19(5-9-25(27)37)14-29-30(38)36(17-23-4-3-11-41-23)31(43-29)35-34-16-20-6-10-26(28(13-20)40-2)42-18-21-7-8-22(32)15-24(21)33/h3-16,37H,17-18H2,1-2H3/b29-14-,34-16-,35-31+. The Hall–Kier alpha value is -4.38. The zero-order valence-corrected chi connectivity index (χ0v) is 25.3. The molecule has 1 aromatic heterocycles. The van der Waals surface area contributed by atoms with Crippen molar-refractivity contribution in [2.24, 2.45) is 10.2 Å². The van der Waals surface area contributed by atoms with Crippen molar-refractivity contribution in [1.82, 2.24) is 4.90 Å². The normalized spacial score (nSPS) is 15.2. The molecule has 12 heteroatoms. The number of amidine groups is 1. The third kappa shape index (κ3) is 7.34. The summed E-state index contributed by atoms with van der Waals surface area (Å²) in [7, 11) is 3.01. The molecule has 0 aliphatic carbocycles. The summed E-state index contributed by atoms with van der Waals surface area (Å²) in [6.07, 6.45) is 4.80. The number of furan rings is 1. The lowest BCUT2D eigenvalue weighted by molar-refractivity contribution is -0.122. The van der Waals surface area contributed by atoms with E-state index in [1.165, 1.54) is 29.8 Å². The fourth-order valence-corrected chi connectivity index (χ4v) is 5.44. The van der Waals surface area contributed by atoms with Crippen molar-refractivity contribution in [2.45, 2.75) is 13.2 Å². The van der Waals surface area contributed by atoms with Crippen LogP contribution in [0.15, 0.2) is 92.5 Å². The van der Waals surface area contributed by atoms with E-state index in [1.54, 1.807) is 80.3 Å². The maximum absolute atomic E-state index is 13.4. The summed E-state index contributed by atoms with van der Waals surface area (Å²) in [6.45, 7) is 0.415. The first-order chi connectivity index (χ1) is 20.8. The largest absolute Gasteiger partial charge is 0.504 e. The molecular weight excluding hydrogens is 613 g/mol. The van der Waals surface area contributed by atoms with Crippen LogP contribution >= 0.6 is 35.0 Å². The minimum Gasteiger partial charge on any atom is -0.504 e. The van der Waals surface area contributed by atoms with Crippen molar-refractivity contribution in [3.8, 4) is 23.0 Å². The molecule has 1 aliphatic heterocycles. The van der Waals surface area contributed by atoms with Gasteiger partial charge in [-0.3, -0.25) is 9.69 Å². The Morgan fingerprint density at radius 3 is 2.51 bits per heavy atom. The van der Waals surface area contributed by atoms with Crippen LogP contribution in [-0.2, 0) is 17.9 Å². The van der Waals surface area contributed by atoms with Crippen LogP contribution in [-0.4, -0.2) is 41.5 Å². The molecule has 5 rings (SSSR count). The molecule has 1 aliphatic rings. The fraction of sp³-hybridized carbons (Fsp3) is 0.129. The predicted octanol–water partition coefficient (Wildman–Crippen LogP) is 7.39. The zero-order chi connectivity index (χ0) is 30.3. The van der Waals surface area contributed by atoms with Crippen LogP contribution in [0.2, 0.25) is 10.0 Å². The highest BCUT2D eigenvalue weighted by atomic mass is 35.5. The van der Waals surface area contributed by atoms with Gasteiger partial charge >= 0.3 is 0 Å². The Morgan fingerprint density at radius 2 is 1.77 bits per heavy atom. The zero-order valence-electron chi connectivity index (χ0n) is 23.0. The summed E-state index contributed by atoms with van der Waals surface area (Å²) in [5.41, 5.74) is 2.17. The first-order valence-electron chi connectivity index (χ1n) is 12.8. The van der Waals surface area contributed by atoms with Crippen molar-refractivity contribution in [3.05, 3.63) is 110 Å². The van der Waals surface area contributed by atoms with Crippen molar-refractivity contribution in [2.75, 3.05) is 14.2 Å². The molecule has 3 aromatic carbocycles. The molecule has 0 unspecified atom stereocenters. The Balaban J connectivity index is 1.35. The van der Waals surface area contributed by atoms with Gasteiger partial charge in [0.15, 0.2) is 28.2 Å². The molecule has 4 aromatic rings. The van der Waals surface area contributed by atoms with Crippen LogP contribution in [0.1, 0.15) is 22.5 Å². The van der Waals surface area contributed by atoms with E-state index in [1.807, 2.05) is 6.07 Å². The number of carbonyl (C=O) groups is 1. The maximum Gasteiger partial charge on any atom is 0.267 e. The average Bonchev–Trinajstić information content (AvgIpc) is 3.62. The van der Waals surface area contributed by atoms with Crippen LogP contribution in [0.5, 0.6) is 23.0 Å². The summed E-state index contributed by atoms with van der Waals surface area (Å²) in [4.78, 5) is 15.3. The summed E-state index contributed by atoms with van der Waals surface area (Å²) in [6, 6.07) is 18.9. The number of nitrogens with zero attached hydrogens (tertiary/aromatic N) is 3. The minimum absolute atomic E-state index is 0.00765. The van der Waals surface area contributed by atoms with E-state index in [4.69, 9.17) is 41.8 Å². The number of aromatic hydroxyl groups is 1. The molecular formula is C31H25Cl2N3O6S. The van der Waals surface area contributed by atoms with E-state index in [9.17, 15) is 9.90 Å². The molecule has 0 atom stereocenters. The molecule has 220 valence electrons. The second-order valence-corrected chi connectivity index (χ2v) is 10.9. The molecule has 1 amide bonds. The summed E-state index contributed by atoms with van der Waals surface area (Å²) in [5, 5.41) is 19.9. The monoisotopic (exact) mass is 637 g/mol. The van der Waals surface area contributed by atoms with Gasteiger partial charge in [0.05, 0.1) is 38.1 Å². The van der Waals surface area contributed by atoms with Gasteiger partial charge in [-0.2, -0.15) is 5.10 Å². The molecule has 9 nitrogen and oxygen atoms in total. The molecule has 43 heavy (non-hydrogen) atoms. The van der Waals surface area contributed by atoms with Crippen molar-refractivity contribution >= 4 is 58.3 Å². The van der Waals surface area contributed by atoms with Crippen LogP contribution in [0, 0.1) is 0 Å². The van der Waals surface area contributed by atoms with Gasteiger partial charge in [0, 0.05) is 15.6 Å². The van der Waals surface area contributed by atoms with Gasteiger partial charge in [0.1, 0.15) is 12.4 Å². The lowest BCUT2D eigenvalue weighted by atomic mass is 10.2. The van der Waals surface area contributed by atoms with Gasteiger partial charge in [-0.15, -0.1) is 5.10 Å². The lowest BCUT2D eigenvalue weighted by Crippen LogP contribution is -2.28. The number of carbonyl (C=O) groups excluding carboxylic acids is 1. The smallest absolute Gasteiger partial charge is 0.267 e. The predicted molar refractivity (Wildman–Crippen MR) is 168 cm³/mol. The fourth-order valence-electron chi connectivity index (χ4n) is 4.04. The molecule has 0 saturated carbocycles. The Kier molecular flexibility index (Phi) is 9.61. The van der Waals surface area contributed by atoms with Crippen molar-refractivity contribution < 1.29 is 28.5 Å². The lowest BCUT2D eigenvalue weighted by Gasteiger charge is -2.13. The number of phenolic OH excluding ortho intramolecular Hbond substituents is 1. The molecule has 1 fully saturated rings. The number of rotatable bonds is 10. The Labute approximate surface area is 262 Å². The molecule has 2 heterocycles. The van der Waals surface area contributed by atoms with Crippen molar-refractivity contribution in [3.63, 3.8) is 0 Å². The first kappa shape index (κ1) is 30.1. The number of halogens is 2. The second-order valence-electron chi connectivity index (χ2n) is 9.07. The number of amides is 1. The third-order valence-corrected chi connectivity index (χ3v) is 7.80. The summed E-state index contributed by atoms with van der Waals surface area (Å²) in [5.74, 6) is 1.68. The van der Waals surface area contributed by atoms with Gasteiger partial charge < -0.3 is 23.7 Å². The van der Waals surface area contributed by atoms with Crippen LogP contribution in [0.3, 0.4) is 0 Å². The quantitative estimate of drug-likeness (QED) is 0.110. The molecule has 1 N–H and O–H groups in total. The van der Waals surface area contributed by atoms with Gasteiger partial charge in [-0.1, -0.05) is 35.3 Å². The number of hydrogen-bond donors (Lipinski definition) is 1. The number of methoxy groups -OCH3 is 2. The Morgan fingerprint density at radius 1 is 0.977 bits per heavy atom. The first-order valence-corrected chi connectivity index (χ1v) is 14.4. The van der Waals surface area contributed by atoms with E-state index in [-0.39, 0.29) is 24.8 Å². The van der Waals surface area contributed by atoms with Gasteiger partial charge in [-0.25, -0.2) is 0 Å². The van der Waals surface area contributed by atoms with E-state index in [0.717, 1.165) is 5.56 Å². The highest BCUT2D eigenvalue weighted by Crippen LogP contribution is 2.36. The van der Waals surface area contributed by atoms with Gasteiger partial charge in [0.2, 0.25) is 0 Å². The molecule has 0 radical (unpaired) electrons. The minimum atomic E-state index is -0.258. The molecule has 1 saturated heterocycles. The number of thioether (sulfide) groups is 1. The SMILES string of the molecule is COc1cc(/C=C2\S/C(=N/N=C\c3ccc(OCc4ccc(Cl)cc4Cl)c(OC)c3)N(Cc3ccco3)C2=O)ccc1O. The highest BCUT2D eigenvalue weighted by molar-refractivity contribution is 8.18. The topological polar surface area (TPSA) is 106 Å². The van der Waals surface area contributed by atoms with E-state index in [2.05, 4.69) is 10.2 Å².